The molecule has 0 bridgehead atoms. The van der Waals surface area contributed by atoms with Crippen molar-refractivity contribution in [2.75, 3.05) is 5.73 Å². The minimum atomic E-state index is -1.86. The molecular formula is C16H25IN4OSi. The molecule has 0 saturated carbocycles. The highest BCUT2D eigenvalue weighted by molar-refractivity contribution is 14.1. The molecule has 126 valence electrons. The van der Waals surface area contributed by atoms with E-state index in [2.05, 4.69) is 77.6 Å². The van der Waals surface area contributed by atoms with Gasteiger partial charge in [-0.3, -0.25) is 0 Å². The van der Waals surface area contributed by atoms with E-state index in [9.17, 15) is 0 Å². The minimum Gasteiger partial charge on any atom is -0.409 e. The van der Waals surface area contributed by atoms with Gasteiger partial charge in [0.15, 0.2) is 8.32 Å². The van der Waals surface area contributed by atoms with Crippen molar-refractivity contribution in [3.05, 3.63) is 28.7 Å². The fraction of sp³-hybridized carbons (Fsp3) is 0.500. The van der Waals surface area contributed by atoms with E-state index >= 15 is 0 Å². The summed E-state index contributed by atoms with van der Waals surface area (Å²) >= 11 is 2.27. The smallest absolute Gasteiger partial charge is 0.192 e. The lowest BCUT2D eigenvalue weighted by Gasteiger charge is -2.38. The predicted octanol–water partition coefficient (Wildman–Crippen LogP) is 4.19. The van der Waals surface area contributed by atoms with Crippen LogP contribution >= 0.6 is 22.6 Å². The van der Waals surface area contributed by atoms with Crippen LogP contribution < -0.4 is 5.73 Å². The first-order valence-electron chi connectivity index (χ1n) is 7.62. The Kier molecular flexibility index (Phi) is 5.22. The van der Waals surface area contributed by atoms with Gasteiger partial charge in [0.1, 0.15) is 17.8 Å². The minimum absolute atomic E-state index is 0.0570. The summed E-state index contributed by atoms with van der Waals surface area (Å²) in [4.78, 5) is 8.46. The topological polar surface area (TPSA) is 66.0 Å². The number of hydrogen-bond acceptors (Lipinski definition) is 4. The number of fused-ring (bicyclic) bond motifs is 1. The number of nitrogens with zero attached hydrogens (tertiary/aromatic N) is 3. The molecule has 0 spiro atoms. The molecule has 2 aromatic heterocycles. The fourth-order valence-corrected chi connectivity index (χ4v) is 4.28. The first-order chi connectivity index (χ1) is 10.6. The second-order valence-electron chi connectivity index (χ2n) is 7.24. The molecule has 7 heteroatoms. The molecule has 2 N–H and O–H groups in total. The molecule has 2 rings (SSSR count). The molecule has 0 aromatic carbocycles. The maximum Gasteiger partial charge on any atom is 0.192 e. The fourth-order valence-electron chi connectivity index (χ4n) is 2.15. The first kappa shape index (κ1) is 18.4. The van der Waals surface area contributed by atoms with Gasteiger partial charge in [0.05, 0.1) is 18.0 Å². The summed E-state index contributed by atoms with van der Waals surface area (Å²) in [6.07, 6.45) is 5.37. The summed E-state index contributed by atoms with van der Waals surface area (Å²) in [5.41, 5.74) is 6.82. The van der Waals surface area contributed by atoms with Crippen molar-refractivity contribution < 1.29 is 4.43 Å². The molecule has 23 heavy (non-hydrogen) atoms. The second-order valence-corrected chi connectivity index (χ2v) is 13.2. The third-order valence-electron chi connectivity index (χ3n) is 4.53. The molecule has 0 amide bonds. The second kappa shape index (κ2) is 6.52. The zero-order valence-corrected chi connectivity index (χ0v) is 17.6. The zero-order valence-electron chi connectivity index (χ0n) is 14.4. The number of nitrogen functional groups attached to an aromatic ring is 1. The maximum absolute atomic E-state index is 6.47. The number of hydrogen-bond donors (Lipinski definition) is 1. The molecule has 5 nitrogen and oxygen atoms in total. The Morgan fingerprint density at radius 2 is 2.09 bits per heavy atom. The Morgan fingerprint density at radius 3 is 2.65 bits per heavy atom. The average molecular weight is 444 g/mol. The van der Waals surface area contributed by atoms with E-state index in [1.807, 2.05) is 12.3 Å². The molecule has 2 heterocycles. The third-order valence-corrected chi connectivity index (χ3v) is 9.85. The van der Waals surface area contributed by atoms with Crippen molar-refractivity contribution in [2.24, 2.45) is 0 Å². The average Bonchev–Trinajstić information content (AvgIpc) is 2.74. The number of nitrogens with two attached hydrogens (primary N) is 1. The van der Waals surface area contributed by atoms with E-state index in [-0.39, 0.29) is 11.1 Å². The molecule has 1 atom stereocenters. The van der Waals surface area contributed by atoms with Crippen molar-refractivity contribution in [3.63, 3.8) is 0 Å². The van der Waals surface area contributed by atoms with Gasteiger partial charge in [0, 0.05) is 9.77 Å². The van der Waals surface area contributed by atoms with Gasteiger partial charge in [0.2, 0.25) is 0 Å². The van der Waals surface area contributed by atoms with Crippen LogP contribution in [-0.4, -0.2) is 29.0 Å². The highest BCUT2D eigenvalue weighted by Gasteiger charge is 2.38. The van der Waals surface area contributed by atoms with Gasteiger partial charge in [-0.1, -0.05) is 26.8 Å². The van der Waals surface area contributed by atoms with Crippen LogP contribution in [0.2, 0.25) is 18.1 Å². The summed E-state index contributed by atoms with van der Waals surface area (Å²) in [7, 11) is -1.86. The van der Waals surface area contributed by atoms with Crippen LogP contribution in [0.15, 0.2) is 25.2 Å². The summed E-state index contributed by atoms with van der Waals surface area (Å²) in [6, 6.07) is 0. The maximum atomic E-state index is 6.47. The third kappa shape index (κ3) is 3.77. The lowest BCUT2D eigenvalue weighted by atomic mass is 10.2. The van der Waals surface area contributed by atoms with Crippen molar-refractivity contribution in [2.45, 2.75) is 51.6 Å². The van der Waals surface area contributed by atoms with E-state index in [1.54, 1.807) is 0 Å². The molecule has 0 radical (unpaired) electrons. The number of rotatable bonds is 5. The lowest BCUT2D eigenvalue weighted by molar-refractivity contribution is 0.206. The largest absolute Gasteiger partial charge is 0.409 e. The standard InChI is InChI=1S/C16H25IN4OSi/c1-7-11(22-23(5,6)16(2,3)4)8-21-9-12(17)13-14(18)19-10-20-15(13)21/h7,9-11H,1,8H2,2-6H3,(H2,18,19,20). The van der Waals surface area contributed by atoms with Gasteiger partial charge in [-0.05, 0) is 40.7 Å². The van der Waals surface area contributed by atoms with Crippen LogP contribution in [0.1, 0.15) is 20.8 Å². The summed E-state index contributed by atoms with van der Waals surface area (Å²) in [5.74, 6) is 0.513. The van der Waals surface area contributed by atoms with Crippen molar-refractivity contribution in [1.29, 1.82) is 0 Å². The molecule has 0 fully saturated rings. The Balaban J connectivity index is 2.30. The molecular weight excluding hydrogens is 419 g/mol. The molecule has 1 unspecified atom stereocenters. The van der Waals surface area contributed by atoms with Gasteiger partial charge in [-0.15, -0.1) is 6.58 Å². The van der Waals surface area contributed by atoms with Crippen molar-refractivity contribution in [3.8, 4) is 0 Å². The lowest BCUT2D eigenvalue weighted by Crippen LogP contribution is -2.44. The van der Waals surface area contributed by atoms with Crippen molar-refractivity contribution in [1.82, 2.24) is 14.5 Å². The van der Waals surface area contributed by atoms with Crippen LogP contribution in [0.3, 0.4) is 0 Å². The van der Waals surface area contributed by atoms with E-state index in [4.69, 9.17) is 10.2 Å². The van der Waals surface area contributed by atoms with Crippen LogP contribution in [-0.2, 0) is 11.0 Å². The first-order valence-corrected chi connectivity index (χ1v) is 11.6. The highest BCUT2D eigenvalue weighted by Crippen LogP contribution is 2.37. The van der Waals surface area contributed by atoms with Crippen LogP contribution in [0.25, 0.3) is 11.0 Å². The number of halogens is 1. The molecule has 0 aliphatic carbocycles. The van der Waals surface area contributed by atoms with Gasteiger partial charge in [0.25, 0.3) is 0 Å². The SMILES string of the molecule is C=CC(Cn1cc(I)c2c(N)ncnc21)O[Si](C)(C)C(C)(C)C. The Labute approximate surface area is 152 Å². The molecule has 0 saturated heterocycles. The van der Waals surface area contributed by atoms with Gasteiger partial charge in [-0.2, -0.15) is 0 Å². The monoisotopic (exact) mass is 444 g/mol. The highest BCUT2D eigenvalue weighted by atomic mass is 127. The number of aromatic nitrogens is 3. The summed E-state index contributed by atoms with van der Waals surface area (Å²) in [6.45, 7) is 15.8. The summed E-state index contributed by atoms with van der Waals surface area (Å²) in [5, 5.41) is 1.07. The van der Waals surface area contributed by atoms with Crippen LogP contribution in [0.5, 0.6) is 0 Å². The Hall–Kier alpha value is -0.933. The molecule has 2 aromatic rings. The quantitative estimate of drug-likeness (QED) is 0.427. The van der Waals surface area contributed by atoms with E-state index in [0.29, 0.717) is 12.4 Å². The van der Waals surface area contributed by atoms with E-state index in [1.165, 1.54) is 6.33 Å². The molecule has 0 aliphatic heterocycles. The predicted molar refractivity (Wildman–Crippen MR) is 107 cm³/mol. The zero-order chi connectivity index (χ0) is 17.4. The Morgan fingerprint density at radius 1 is 1.43 bits per heavy atom. The van der Waals surface area contributed by atoms with Crippen molar-refractivity contribution >= 4 is 47.8 Å². The Bertz CT molecular complexity index is 721. The van der Waals surface area contributed by atoms with Gasteiger partial charge in [-0.25, -0.2) is 9.97 Å². The van der Waals surface area contributed by atoms with Gasteiger partial charge < -0.3 is 14.7 Å². The summed E-state index contributed by atoms with van der Waals surface area (Å²) < 4.78 is 9.59. The molecule has 0 aliphatic rings. The number of anilines is 1. The van der Waals surface area contributed by atoms with Crippen LogP contribution in [0.4, 0.5) is 5.82 Å². The van der Waals surface area contributed by atoms with E-state index in [0.717, 1.165) is 14.6 Å². The normalized spacial score (nSPS) is 14.2. The van der Waals surface area contributed by atoms with Crippen LogP contribution in [0, 0.1) is 3.57 Å². The van der Waals surface area contributed by atoms with E-state index < -0.39 is 8.32 Å². The van der Waals surface area contributed by atoms with Gasteiger partial charge >= 0.3 is 0 Å².